The van der Waals surface area contributed by atoms with E-state index in [0.29, 0.717) is 17.3 Å². The number of hydrogen-bond acceptors (Lipinski definition) is 4. The second-order valence-corrected chi connectivity index (χ2v) is 4.13. The molecule has 0 radical (unpaired) electrons. The predicted octanol–water partition coefficient (Wildman–Crippen LogP) is 1.47. The van der Waals surface area contributed by atoms with Gasteiger partial charge in [0.1, 0.15) is 11.6 Å². The molecule has 1 amide bonds. The standard InChI is InChI=1S/C13H10N4O2/c14-4-3-12-15-6-10(16-12)8-1-2-11-9(5-8)17-13(18)7-19-11/h1-2,5-6H,3,7H2,(H,15,16)(H,17,18). The molecule has 6 nitrogen and oxygen atoms in total. The highest BCUT2D eigenvalue weighted by Crippen LogP contribution is 2.31. The SMILES string of the molecule is N#CCc1ncc(-c2ccc3c(c2)NC(=O)CO3)[nH]1. The number of carbonyl (C=O) groups excluding carboxylic acids is 1. The minimum absolute atomic E-state index is 0.0444. The number of imidazole rings is 1. The van der Waals surface area contributed by atoms with Gasteiger partial charge in [-0.2, -0.15) is 5.26 Å². The minimum Gasteiger partial charge on any atom is -0.482 e. The average Bonchev–Trinajstić information content (AvgIpc) is 2.87. The Kier molecular flexibility index (Phi) is 2.65. The molecule has 0 atom stereocenters. The van der Waals surface area contributed by atoms with Gasteiger partial charge in [0.15, 0.2) is 6.61 Å². The Morgan fingerprint density at radius 1 is 1.47 bits per heavy atom. The maximum absolute atomic E-state index is 11.3. The molecule has 94 valence electrons. The largest absolute Gasteiger partial charge is 0.482 e. The quantitative estimate of drug-likeness (QED) is 0.849. The van der Waals surface area contributed by atoms with Gasteiger partial charge in [-0.05, 0) is 18.2 Å². The van der Waals surface area contributed by atoms with Crippen LogP contribution in [0.2, 0.25) is 0 Å². The summed E-state index contributed by atoms with van der Waals surface area (Å²) in [6.45, 7) is 0.0444. The first-order chi connectivity index (χ1) is 9.26. The Morgan fingerprint density at radius 3 is 3.21 bits per heavy atom. The van der Waals surface area contributed by atoms with Crippen LogP contribution in [0.4, 0.5) is 5.69 Å². The van der Waals surface area contributed by atoms with Crippen LogP contribution in [0.5, 0.6) is 5.75 Å². The molecule has 1 aliphatic rings. The number of nitrogens with zero attached hydrogens (tertiary/aromatic N) is 2. The second-order valence-electron chi connectivity index (χ2n) is 4.13. The number of fused-ring (bicyclic) bond motifs is 1. The zero-order chi connectivity index (χ0) is 13.2. The fourth-order valence-corrected chi connectivity index (χ4v) is 1.92. The summed E-state index contributed by atoms with van der Waals surface area (Å²) < 4.78 is 5.29. The van der Waals surface area contributed by atoms with Gasteiger partial charge in [0, 0.05) is 5.56 Å². The maximum Gasteiger partial charge on any atom is 0.262 e. The lowest BCUT2D eigenvalue weighted by Crippen LogP contribution is -2.25. The van der Waals surface area contributed by atoms with Gasteiger partial charge in [0.25, 0.3) is 5.91 Å². The smallest absolute Gasteiger partial charge is 0.262 e. The molecule has 2 N–H and O–H groups in total. The first-order valence-corrected chi connectivity index (χ1v) is 5.74. The van der Waals surface area contributed by atoms with Crippen LogP contribution >= 0.6 is 0 Å². The van der Waals surface area contributed by atoms with Gasteiger partial charge in [0.05, 0.1) is 30.1 Å². The van der Waals surface area contributed by atoms with Gasteiger partial charge in [-0.3, -0.25) is 4.79 Å². The van der Waals surface area contributed by atoms with Crippen molar-refractivity contribution in [2.24, 2.45) is 0 Å². The Hall–Kier alpha value is -2.81. The Labute approximate surface area is 109 Å². The number of ether oxygens (including phenoxy) is 1. The van der Waals surface area contributed by atoms with Crippen LogP contribution in [0.3, 0.4) is 0 Å². The number of rotatable bonds is 2. The van der Waals surface area contributed by atoms with Crippen molar-refractivity contribution in [1.29, 1.82) is 5.26 Å². The van der Waals surface area contributed by atoms with Crippen molar-refractivity contribution in [3.05, 3.63) is 30.2 Å². The van der Waals surface area contributed by atoms with Crippen molar-refractivity contribution >= 4 is 11.6 Å². The van der Waals surface area contributed by atoms with Crippen LogP contribution in [0.25, 0.3) is 11.3 Å². The third kappa shape index (κ3) is 2.13. The molecule has 0 bridgehead atoms. The summed E-state index contributed by atoms with van der Waals surface area (Å²) >= 11 is 0. The normalized spacial score (nSPS) is 13.1. The van der Waals surface area contributed by atoms with Crippen LogP contribution in [-0.2, 0) is 11.2 Å². The van der Waals surface area contributed by atoms with E-state index < -0.39 is 0 Å². The first kappa shape index (κ1) is 11.3. The molecule has 2 heterocycles. The molecule has 1 aromatic heterocycles. The molecule has 1 aromatic carbocycles. The third-order valence-corrected chi connectivity index (χ3v) is 2.80. The number of carbonyl (C=O) groups is 1. The molecule has 0 fully saturated rings. The van der Waals surface area contributed by atoms with Gasteiger partial charge in [-0.15, -0.1) is 0 Å². The summed E-state index contributed by atoms with van der Waals surface area (Å²) in [6.07, 6.45) is 1.91. The van der Waals surface area contributed by atoms with Gasteiger partial charge < -0.3 is 15.0 Å². The third-order valence-electron chi connectivity index (χ3n) is 2.80. The van der Waals surface area contributed by atoms with Gasteiger partial charge in [-0.25, -0.2) is 4.98 Å². The van der Waals surface area contributed by atoms with Gasteiger partial charge in [-0.1, -0.05) is 0 Å². The number of amides is 1. The molecular formula is C13H10N4O2. The molecule has 0 unspecified atom stereocenters. The zero-order valence-corrected chi connectivity index (χ0v) is 9.93. The van der Waals surface area contributed by atoms with E-state index in [2.05, 4.69) is 15.3 Å². The Bertz CT molecular complexity index is 684. The maximum atomic E-state index is 11.3. The van der Waals surface area contributed by atoms with Gasteiger partial charge in [0.2, 0.25) is 0 Å². The average molecular weight is 254 g/mol. The zero-order valence-electron chi connectivity index (χ0n) is 9.93. The van der Waals surface area contributed by atoms with Gasteiger partial charge >= 0.3 is 0 Å². The van der Waals surface area contributed by atoms with Crippen molar-refractivity contribution in [1.82, 2.24) is 9.97 Å². The van der Waals surface area contributed by atoms with E-state index in [0.717, 1.165) is 11.3 Å². The lowest BCUT2D eigenvalue weighted by atomic mass is 10.1. The minimum atomic E-state index is -0.167. The second kappa shape index (κ2) is 4.46. The van der Waals surface area contributed by atoms with E-state index in [1.807, 2.05) is 18.2 Å². The first-order valence-electron chi connectivity index (χ1n) is 5.74. The molecule has 1 aliphatic heterocycles. The molecule has 2 aromatic rings. The number of anilines is 1. The molecule has 0 aliphatic carbocycles. The van der Waals surface area contributed by atoms with Crippen LogP contribution < -0.4 is 10.1 Å². The van der Waals surface area contributed by atoms with Crippen LogP contribution in [0.1, 0.15) is 5.82 Å². The molecular weight excluding hydrogens is 244 g/mol. The van der Waals surface area contributed by atoms with E-state index in [-0.39, 0.29) is 18.9 Å². The number of benzene rings is 1. The number of H-pyrrole nitrogens is 1. The summed E-state index contributed by atoms with van der Waals surface area (Å²) in [5.74, 6) is 1.11. The fraction of sp³-hybridized carbons (Fsp3) is 0.154. The summed E-state index contributed by atoms with van der Waals surface area (Å²) in [4.78, 5) is 18.4. The van der Waals surface area contributed by atoms with Crippen LogP contribution in [0.15, 0.2) is 24.4 Å². The van der Waals surface area contributed by atoms with E-state index in [1.165, 1.54) is 0 Å². The highest BCUT2D eigenvalue weighted by Gasteiger charge is 2.16. The molecule has 19 heavy (non-hydrogen) atoms. The molecule has 0 spiro atoms. The number of aromatic amines is 1. The molecule has 0 saturated carbocycles. The number of nitriles is 1. The highest BCUT2D eigenvalue weighted by atomic mass is 16.5. The van der Waals surface area contributed by atoms with E-state index >= 15 is 0 Å². The summed E-state index contributed by atoms with van der Waals surface area (Å²) in [5.41, 5.74) is 2.32. The highest BCUT2D eigenvalue weighted by molar-refractivity contribution is 5.96. The van der Waals surface area contributed by atoms with Crippen LogP contribution in [-0.4, -0.2) is 22.5 Å². The van der Waals surface area contributed by atoms with Crippen molar-refractivity contribution in [3.8, 4) is 23.1 Å². The van der Waals surface area contributed by atoms with E-state index in [1.54, 1.807) is 12.3 Å². The van der Waals surface area contributed by atoms with E-state index in [4.69, 9.17) is 10.00 Å². The topological polar surface area (TPSA) is 90.8 Å². The lowest BCUT2D eigenvalue weighted by Gasteiger charge is -2.18. The van der Waals surface area contributed by atoms with Crippen molar-refractivity contribution in [2.75, 3.05) is 11.9 Å². The predicted molar refractivity (Wildman–Crippen MR) is 67.5 cm³/mol. The molecule has 3 rings (SSSR count). The fourth-order valence-electron chi connectivity index (χ4n) is 1.92. The molecule has 0 saturated heterocycles. The number of hydrogen-bond donors (Lipinski definition) is 2. The van der Waals surface area contributed by atoms with Crippen molar-refractivity contribution < 1.29 is 9.53 Å². The summed E-state index contributed by atoms with van der Waals surface area (Å²) in [7, 11) is 0. The van der Waals surface area contributed by atoms with Crippen LogP contribution in [0, 0.1) is 11.3 Å². The van der Waals surface area contributed by atoms with E-state index in [9.17, 15) is 4.79 Å². The molecule has 6 heteroatoms. The number of aromatic nitrogens is 2. The Balaban J connectivity index is 1.95. The summed E-state index contributed by atoms with van der Waals surface area (Å²) in [6, 6.07) is 7.52. The monoisotopic (exact) mass is 254 g/mol. The summed E-state index contributed by atoms with van der Waals surface area (Å²) in [5, 5.41) is 11.4. The van der Waals surface area contributed by atoms with Crippen molar-refractivity contribution in [2.45, 2.75) is 6.42 Å². The number of nitrogens with one attached hydrogen (secondary N) is 2. The lowest BCUT2D eigenvalue weighted by molar-refractivity contribution is -0.118. The Morgan fingerprint density at radius 2 is 2.37 bits per heavy atom. The van der Waals surface area contributed by atoms with Crippen molar-refractivity contribution in [3.63, 3.8) is 0 Å².